The summed E-state index contributed by atoms with van der Waals surface area (Å²) in [6.07, 6.45) is -0.482. The molecule has 0 aliphatic carbocycles. The zero-order valence-electron chi connectivity index (χ0n) is 10.9. The minimum atomic E-state index is -0.590. The smallest absolute Gasteiger partial charge is 0.141 e. The molecule has 1 N–H and O–H groups in total. The van der Waals surface area contributed by atoms with E-state index >= 15 is 0 Å². The Morgan fingerprint density at radius 1 is 1.25 bits per heavy atom. The van der Waals surface area contributed by atoms with Gasteiger partial charge in [-0.1, -0.05) is 29.3 Å². The zero-order valence-corrected chi connectivity index (χ0v) is 11.7. The number of ether oxygens (including phenoxy) is 1. The lowest BCUT2D eigenvalue weighted by Crippen LogP contribution is -2.19. The van der Waals surface area contributed by atoms with Gasteiger partial charge in [0.05, 0.1) is 11.1 Å². The molecule has 0 amide bonds. The number of aryl methyl sites for hydroxylation is 1. The molecule has 2 atom stereocenters. The third-order valence-corrected chi connectivity index (χ3v) is 3.84. The van der Waals surface area contributed by atoms with Crippen LogP contribution in [0.4, 0.5) is 4.39 Å². The third kappa shape index (κ3) is 2.39. The monoisotopic (exact) mass is 292 g/mol. The minimum absolute atomic E-state index is 0.0651. The van der Waals surface area contributed by atoms with Crippen LogP contribution in [-0.4, -0.2) is 5.11 Å². The molecule has 0 bridgehead atoms. The van der Waals surface area contributed by atoms with E-state index in [-0.39, 0.29) is 11.1 Å². The Balaban J connectivity index is 1.94. The first-order valence-electron chi connectivity index (χ1n) is 6.45. The van der Waals surface area contributed by atoms with Crippen LogP contribution in [0, 0.1) is 12.7 Å². The summed E-state index contributed by atoms with van der Waals surface area (Å²) in [4.78, 5) is 0. The summed E-state index contributed by atoms with van der Waals surface area (Å²) < 4.78 is 19.1. The van der Waals surface area contributed by atoms with Crippen LogP contribution in [0.5, 0.6) is 5.75 Å². The van der Waals surface area contributed by atoms with Gasteiger partial charge in [-0.3, -0.25) is 0 Å². The second kappa shape index (κ2) is 5.08. The van der Waals surface area contributed by atoms with Gasteiger partial charge in [0.25, 0.3) is 0 Å². The van der Waals surface area contributed by atoms with Crippen LogP contribution in [0.1, 0.15) is 35.3 Å². The van der Waals surface area contributed by atoms with Gasteiger partial charge >= 0.3 is 0 Å². The lowest BCUT2D eigenvalue weighted by atomic mass is 9.94. The Labute approximate surface area is 121 Å². The molecule has 0 aromatic heterocycles. The van der Waals surface area contributed by atoms with Gasteiger partial charge in [0.15, 0.2) is 0 Å². The van der Waals surface area contributed by atoms with Gasteiger partial charge in [0.2, 0.25) is 0 Å². The number of aliphatic hydroxyl groups excluding tert-OH is 1. The van der Waals surface area contributed by atoms with Crippen LogP contribution in [-0.2, 0) is 0 Å². The molecule has 1 aliphatic heterocycles. The first kappa shape index (κ1) is 13.4. The summed E-state index contributed by atoms with van der Waals surface area (Å²) in [5.74, 6) is 0.211. The van der Waals surface area contributed by atoms with Crippen molar-refractivity contribution in [3.8, 4) is 5.75 Å². The van der Waals surface area contributed by atoms with Gasteiger partial charge in [-0.2, -0.15) is 0 Å². The molecule has 2 unspecified atom stereocenters. The molecule has 0 radical (unpaired) electrons. The molecular formula is C16H14ClFO2. The lowest BCUT2D eigenvalue weighted by Gasteiger charge is -2.30. The molecule has 104 valence electrons. The Bertz CT molecular complexity index is 657. The normalized spacial score (nSPS) is 21.2. The van der Waals surface area contributed by atoms with Gasteiger partial charge in [-0.15, -0.1) is 0 Å². The average Bonchev–Trinajstić information content (AvgIpc) is 2.42. The molecule has 1 heterocycles. The molecule has 1 aliphatic rings. The molecule has 0 fully saturated rings. The van der Waals surface area contributed by atoms with E-state index in [1.54, 1.807) is 12.1 Å². The lowest BCUT2D eigenvalue weighted by molar-refractivity contribution is 0.0656. The van der Waals surface area contributed by atoms with Crippen molar-refractivity contribution < 1.29 is 14.2 Å². The number of halogens is 2. The van der Waals surface area contributed by atoms with Crippen molar-refractivity contribution in [2.75, 3.05) is 0 Å². The topological polar surface area (TPSA) is 29.5 Å². The predicted octanol–water partition coefficient (Wildman–Crippen LogP) is 4.34. The van der Waals surface area contributed by atoms with Gasteiger partial charge in [-0.25, -0.2) is 4.39 Å². The van der Waals surface area contributed by atoms with E-state index in [0.717, 1.165) is 16.7 Å². The average molecular weight is 293 g/mol. The van der Waals surface area contributed by atoms with Gasteiger partial charge < -0.3 is 9.84 Å². The fourth-order valence-electron chi connectivity index (χ4n) is 2.48. The second-order valence-electron chi connectivity index (χ2n) is 5.07. The van der Waals surface area contributed by atoms with E-state index in [9.17, 15) is 9.50 Å². The van der Waals surface area contributed by atoms with E-state index in [2.05, 4.69) is 0 Å². The summed E-state index contributed by atoms with van der Waals surface area (Å²) in [6.45, 7) is 1.97. The maximum Gasteiger partial charge on any atom is 0.141 e. The Kier molecular flexibility index (Phi) is 3.40. The zero-order chi connectivity index (χ0) is 14.3. The minimum Gasteiger partial charge on any atom is -0.485 e. The van der Waals surface area contributed by atoms with E-state index in [4.69, 9.17) is 16.3 Å². The summed E-state index contributed by atoms with van der Waals surface area (Å²) >= 11 is 5.80. The molecular weight excluding hydrogens is 279 g/mol. The highest BCUT2D eigenvalue weighted by Crippen LogP contribution is 2.41. The highest BCUT2D eigenvalue weighted by atomic mass is 35.5. The first-order valence-corrected chi connectivity index (χ1v) is 6.82. The van der Waals surface area contributed by atoms with Crippen molar-refractivity contribution in [2.45, 2.75) is 25.6 Å². The number of benzene rings is 2. The number of rotatable bonds is 1. The van der Waals surface area contributed by atoms with Crippen LogP contribution in [0.3, 0.4) is 0 Å². The van der Waals surface area contributed by atoms with Crippen molar-refractivity contribution in [1.82, 2.24) is 0 Å². The van der Waals surface area contributed by atoms with Crippen molar-refractivity contribution in [1.29, 1.82) is 0 Å². The van der Waals surface area contributed by atoms with Crippen LogP contribution < -0.4 is 4.74 Å². The molecule has 0 saturated carbocycles. The van der Waals surface area contributed by atoms with Crippen LogP contribution in [0.15, 0.2) is 36.4 Å². The quantitative estimate of drug-likeness (QED) is 0.847. The summed E-state index contributed by atoms with van der Waals surface area (Å²) in [6, 6.07) is 10.2. The van der Waals surface area contributed by atoms with E-state index < -0.39 is 11.9 Å². The van der Waals surface area contributed by atoms with Crippen LogP contribution >= 0.6 is 11.6 Å². The first-order chi connectivity index (χ1) is 9.54. The highest BCUT2D eigenvalue weighted by molar-refractivity contribution is 6.30. The van der Waals surface area contributed by atoms with Crippen molar-refractivity contribution in [3.05, 3.63) is 63.9 Å². The molecule has 3 rings (SSSR count). The van der Waals surface area contributed by atoms with E-state index in [1.807, 2.05) is 25.1 Å². The maximum atomic E-state index is 13.2. The largest absolute Gasteiger partial charge is 0.485 e. The number of aliphatic hydroxyl groups is 1. The number of hydrogen-bond donors (Lipinski definition) is 1. The number of fused-ring (bicyclic) bond motifs is 1. The molecule has 0 spiro atoms. The fraction of sp³-hybridized carbons (Fsp3) is 0.250. The van der Waals surface area contributed by atoms with Gasteiger partial charge in [-0.05, 0) is 36.8 Å². The molecule has 0 saturated heterocycles. The third-order valence-electron chi connectivity index (χ3n) is 3.55. The number of hydrogen-bond acceptors (Lipinski definition) is 2. The van der Waals surface area contributed by atoms with Gasteiger partial charge in [0.1, 0.15) is 17.7 Å². The predicted molar refractivity (Wildman–Crippen MR) is 75.5 cm³/mol. The Morgan fingerprint density at radius 3 is 2.80 bits per heavy atom. The van der Waals surface area contributed by atoms with E-state index in [1.165, 1.54) is 6.07 Å². The second-order valence-corrected chi connectivity index (χ2v) is 5.48. The Morgan fingerprint density at radius 2 is 2.05 bits per heavy atom. The molecule has 4 heteroatoms. The summed E-state index contributed by atoms with van der Waals surface area (Å²) in [7, 11) is 0. The summed E-state index contributed by atoms with van der Waals surface area (Å²) in [5, 5.41) is 10.3. The standard InChI is InChI=1S/C16H14ClFO2/c1-9-2-5-15-11(6-9)14(19)8-16(20-15)10-3-4-13(18)12(17)7-10/h2-7,14,16,19H,8H2,1H3. The van der Waals surface area contributed by atoms with Crippen molar-refractivity contribution in [3.63, 3.8) is 0 Å². The van der Waals surface area contributed by atoms with Crippen LogP contribution in [0.2, 0.25) is 5.02 Å². The van der Waals surface area contributed by atoms with Crippen molar-refractivity contribution in [2.24, 2.45) is 0 Å². The Hall–Kier alpha value is -1.58. The molecule has 20 heavy (non-hydrogen) atoms. The highest BCUT2D eigenvalue weighted by Gasteiger charge is 2.28. The van der Waals surface area contributed by atoms with Crippen LogP contribution in [0.25, 0.3) is 0 Å². The molecule has 2 aromatic carbocycles. The molecule has 2 nitrogen and oxygen atoms in total. The molecule has 2 aromatic rings. The SMILES string of the molecule is Cc1ccc2c(c1)C(O)CC(c1ccc(F)c(Cl)c1)O2. The van der Waals surface area contributed by atoms with Crippen molar-refractivity contribution >= 4 is 11.6 Å². The van der Waals surface area contributed by atoms with Gasteiger partial charge in [0, 0.05) is 12.0 Å². The fourth-order valence-corrected chi connectivity index (χ4v) is 2.67. The van der Waals surface area contributed by atoms with E-state index in [0.29, 0.717) is 12.2 Å². The maximum absolute atomic E-state index is 13.2. The summed E-state index contributed by atoms with van der Waals surface area (Å²) in [5.41, 5.74) is 2.64.